The number of phenolic OH excluding ortho intramolecular Hbond substituents is 1. The van der Waals surface area contributed by atoms with Gasteiger partial charge >= 0.3 is 0 Å². The van der Waals surface area contributed by atoms with Gasteiger partial charge in [0.15, 0.2) is 0 Å². The molecule has 0 spiro atoms. The molecule has 0 fully saturated rings. The number of aromatic hydroxyl groups is 1. The Kier molecular flexibility index (Phi) is 3.22. The lowest BCUT2D eigenvalue weighted by Gasteiger charge is -2.11. The monoisotopic (exact) mass is 252 g/mol. The largest absolute Gasteiger partial charge is 0.508 e. The summed E-state index contributed by atoms with van der Waals surface area (Å²) in [5, 5.41) is 18.0. The van der Waals surface area contributed by atoms with Crippen molar-refractivity contribution in [2.45, 2.75) is 12.5 Å². The molecule has 0 saturated carbocycles. The Morgan fingerprint density at radius 1 is 1.31 bits per heavy atom. The third kappa shape index (κ3) is 2.38. The number of hydrogen-bond acceptors (Lipinski definition) is 2. The molecule has 5 heteroatoms. The number of aliphatic hydroxyl groups is 1. The normalized spacial score (nSPS) is 13.3. The zero-order valence-corrected chi connectivity index (χ0v) is 8.00. The molecule has 0 radical (unpaired) electrons. The second kappa shape index (κ2) is 4.02. The Morgan fingerprint density at radius 3 is 2.46 bits per heavy atom. The van der Waals surface area contributed by atoms with Gasteiger partial charge in [0, 0.05) is 10.0 Å². The first kappa shape index (κ1) is 10.4. The Morgan fingerprint density at radius 2 is 1.92 bits per heavy atom. The fourth-order valence-electron chi connectivity index (χ4n) is 0.894. The van der Waals surface area contributed by atoms with E-state index >= 15 is 0 Å². The zero-order chi connectivity index (χ0) is 10.0. The summed E-state index contributed by atoms with van der Waals surface area (Å²) in [5.41, 5.74) is -0.0185. The topological polar surface area (TPSA) is 40.5 Å². The van der Waals surface area contributed by atoms with Crippen molar-refractivity contribution in [2.24, 2.45) is 0 Å². The lowest BCUT2D eigenvalue weighted by molar-refractivity contribution is -0.00626. The van der Waals surface area contributed by atoms with Gasteiger partial charge in [0.25, 0.3) is 6.43 Å². The number of aliphatic hydroxyl groups excluding tert-OH is 1. The lowest BCUT2D eigenvalue weighted by atomic mass is 10.1. The molecule has 1 aromatic rings. The predicted octanol–water partition coefficient (Wildman–Crippen LogP) is 2.45. The summed E-state index contributed by atoms with van der Waals surface area (Å²) in [6.45, 7) is 0. The van der Waals surface area contributed by atoms with Crippen LogP contribution in [0.15, 0.2) is 22.7 Å². The van der Waals surface area contributed by atoms with Crippen LogP contribution in [0.5, 0.6) is 5.75 Å². The first-order chi connectivity index (χ1) is 6.02. The summed E-state index contributed by atoms with van der Waals surface area (Å²) in [4.78, 5) is 0. The molecule has 1 aromatic carbocycles. The summed E-state index contributed by atoms with van der Waals surface area (Å²) < 4.78 is 24.5. The van der Waals surface area contributed by atoms with E-state index in [1.807, 2.05) is 0 Å². The first-order valence-electron chi connectivity index (χ1n) is 3.47. The molecular weight excluding hydrogens is 246 g/mol. The van der Waals surface area contributed by atoms with Crippen molar-refractivity contribution >= 4 is 15.9 Å². The molecule has 1 unspecified atom stereocenters. The molecule has 13 heavy (non-hydrogen) atoms. The molecule has 0 bridgehead atoms. The third-order valence-corrected chi connectivity index (χ3v) is 2.26. The molecule has 0 aromatic heterocycles. The van der Waals surface area contributed by atoms with Crippen molar-refractivity contribution < 1.29 is 19.0 Å². The second-order valence-electron chi connectivity index (χ2n) is 2.49. The van der Waals surface area contributed by atoms with E-state index in [0.29, 0.717) is 4.47 Å². The zero-order valence-electron chi connectivity index (χ0n) is 6.42. The van der Waals surface area contributed by atoms with Gasteiger partial charge in [-0.1, -0.05) is 15.9 Å². The van der Waals surface area contributed by atoms with E-state index in [4.69, 9.17) is 10.2 Å². The quantitative estimate of drug-likeness (QED) is 0.849. The predicted molar refractivity (Wildman–Crippen MR) is 46.8 cm³/mol. The van der Waals surface area contributed by atoms with Crippen LogP contribution >= 0.6 is 15.9 Å². The van der Waals surface area contributed by atoms with Crippen LogP contribution in [0.25, 0.3) is 0 Å². The van der Waals surface area contributed by atoms with E-state index in [2.05, 4.69) is 15.9 Å². The van der Waals surface area contributed by atoms with Crippen LogP contribution in [0, 0.1) is 0 Å². The van der Waals surface area contributed by atoms with Crippen LogP contribution in [0.4, 0.5) is 8.78 Å². The summed E-state index contributed by atoms with van der Waals surface area (Å²) in [7, 11) is 0. The minimum absolute atomic E-state index is 0.0185. The number of alkyl halides is 2. The van der Waals surface area contributed by atoms with E-state index in [1.54, 1.807) is 0 Å². The van der Waals surface area contributed by atoms with E-state index in [9.17, 15) is 8.78 Å². The highest BCUT2D eigenvalue weighted by molar-refractivity contribution is 9.10. The maximum atomic E-state index is 12.1. The Hall–Kier alpha value is -0.680. The third-order valence-electron chi connectivity index (χ3n) is 1.54. The average Bonchev–Trinajstić information content (AvgIpc) is 2.08. The Balaban J connectivity index is 3.05. The molecule has 1 rings (SSSR count). The second-order valence-corrected chi connectivity index (χ2v) is 3.34. The smallest absolute Gasteiger partial charge is 0.268 e. The van der Waals surface area contributed by atoms with Crippen LogP contribution in [0.1, 0.15) is 11.7 Å². The number of phenols is 1. The number of halogens is 3. The SMILES string of the molecule is Oc1ccc(Br)c(C(O)C(F)F)c1. The van der Waals surface area contributed by atoms with Crippen LogP contribution < -0.4 is 0 Å². The molecule has 0 saturated heterocycles. The van der Waals surface area contributed by atoms with Gasteiger partial charge in [-0.2, -0.15) is 0 Å². The van der Waals surface area contributed by atoms with Gasteiger partial charge in [-0.05, 0) is 18.2 Å². The van der Waals surface area contributed by atoms with Crippen molar-refractivity contribution in [2.75, 3.05) is 0 Å². The summed E-state index contributed by atoms with van der Waals surface area (Å²) in [6, 6.07) is 3.84. The summed E-state index contributed by atoms with van der Waals surface area (Å²) >= 11 is 2.99. The molecule has 2 N–H and O–H groups in total. The number of hydrogen-bond donors (Lipinski definition) is 2. The lowest BCUT2D eigenvalue weighted by Crippen LogP contribution is -2.08. The Labute approximate surface area is 81.9 Å². The maximum Gasteiger partial charge on any atom is 0.268 e. The highest BCUT2D eigenvalue weighted by atomic mass is 79.9. The molecule has 0 aliphatic carbocycles. The number of rotatable bonds is 2. The van der Waals surface area contributed by atoms with E-state index in [-0.39, 0.29) is 11.3 Å². The van der Waals surface area contributed by atoms with Crippen LogP contribution in [-0.4, -0.2) is 16.6 Å². The number of benzene rings is 1. The molecule has 0 aliphatic heterocycles. The first-order valence-corrected chi connectivity index (χ1v) is 4.26. The van der Waals surface area contributed by atoms with Crippen LogP contribution in [-0.2, 0) is 0 Å². The van der Waals surface area contributed by atoms with Crippen molar-refractivity contribution in [3.8, 4) is 5.75 Å². The van der Waals surface area contributed by atoms with Gasteiger partial charge in [-0.25, -0.2) is 8.78 Å². The molecule has 2 nitrogen and oxygen atoms in total. The highest BCUT2D eigenvalue weighted by Crippen LogP contribution is 2.30. The van der Waals surface area contributed by atoms with E-state index in [0.717, 1.165) is 6.07 Å². The molecule has 72 valence electrons. The maximum absolute atomic E-state index is 12.1. The Bertz CT molecular complexity index is 304. The van der Waals surface area contributed by atoms with Gasteiger partial charge in [-0.15, -0.1) is 0 Å². The highest BCUT2D eigenvalue weighted by Gasteiger charge is 2.21. The van der Waals surface area contributed by atoms with E-state index < -0.39 is 12.5 Å². The molecule has 0 heterocycles. The standard InChI is InChI=1S/C8H7BrF2O2/c9-6-2-1-4(12)3-5(6)7(13)8(10)11/h1-3,7-8,12-13H. The fraction of sp³-hybridized carbons (Fsp3) is 0.250. The molecular formula is C8H7BrF2O2. The minimum atomic E-state index is -2.86. The van der Waals surface area contributed by atoms with Crippen molar-refractivity contribution in [1.29, 1.82) is 0 Å². The van der Waals surface area contributed by atoms with E-state index in [1.165, 1.54) is 12.1 Å². The van der Waals surface area contributed by atoms with Gasteiger partial charge in [-0.3, -0.25) is 0 Å². The molecule has 0 amide bonds. The van der Waals surface area contributed by atoms with Gasteiger partial charge in [0.1, 0.15) is 11.9 Å². The summed E-state index contributed by atoms with van der Waals surface area (Å²) in [5.74, 6) is -0.155. The fourth-order valence-corrected chi connectivity index (χ4v) is 1.37. The van der Waals surface area contributed by atoms with Crippen LogP contribution in [0.3, 0.4) is 0 Å². The summed E-state index contributed by atoms with van der Waals surface area (Å²) in [6.07, 6.45) is -4.74. The molecule has 1 atom stereocenters. The van der Waals surface area contributed by atoms with Crippen molar-refractivity contribution in [1.82, 2.24) is 0 Å². The van der Waals surface area contributed by atoms with Gasteiger partial charge in [0.05, 0.1) is 0 Å². The average molecular weight is 253 g/mol. The molecule has 0 aliphatic rings. The van der Waals surface area contributed by atoms with Crippen molar-refractivity contribution in [3.05, 3.63) is 28.2 Å². The van der Waals surface area contributed by atoms with Crippen LogP contribution in [0.2, 0.25) is 0 Å². The minimum Gasteiger partial charge on any atom is -0.508 e. The van der Waals surface area contributed by atoms with Gasteiger partial charge in [0.2, 0.25) is 0 Å². The van der Waals surface area contributed by atoms with Gasteiger partial charge < -0.3 is 10.2 Å². The van der Waals surface area contributed by atoms with Crippen molar-refractivity contribution in [3.63, 3.8) is 0 Å².